The van der Waals surface area contributed by atoms with E-state index in [1.54, 1.807) is 6.20 Å². The molecule has 0 atom stereocenters. The third-order valence-corrected chi connectivity index (χ3v) is 2.87. The first kappa shape index (κ1) is 9.15. The summed E-state index contributed by atoms with van der Waals surface area (Å²) >= 11 is 1.43. The zero-order valence-electron chi connectivity index (χ0n) is 7.90. The van der Waals surface area contributed by atoms with E-state index in [1.807, 2.05) is 19.1 Å². The minimum atomic E-state index is -0.296. The monoisotopic (exact) mass is 207 g/mol. The highest BCUT2D eigenvalue weighted by atomic mass is 32.1. The van der Waals surface area contributed by atoms with E-state index in [-0.39, 0.29) is 5.97 Å². The molecule has 2 rings (SSSR count). The first-order valence-electron chi connectivity index (χ1n) is 4.15. The Hall–Kier alpha value is -1.42. The van der Waals surface area contributed by atoms with Crippen molar-refractivity contribution in [2.24, 2.45) is 0 Å². The van der Waals surface area contributed by atoms with Gasteiger partial charge in [0.05, 0.1) is 17.4 Å². The number of methoxy groups -OCH3 is 1. The van der Waals surface area contributed by atoms with Gasteiger partial charge in [0.1, 0.15) is 0 Å². The van der Waals surface area contributed by atoms with E-state index in [0.717, 1.165) is 15.6 Å². The maximum absolute atomic E-state index is 11.4. The van der Waals surface area contributed by atoms with Gasteiger partial charge in [0, 0.05) is 11.6 Å². The second-order valence-corrected chi connectivity index (χ2v) is 3.86. The highest BCUT2D eigenvalue weighted by Crippen LogP contribution is 2.22. The Kier molecular flexibility index (Phi) is 2.21. The van der Waals surface area contributed by atoms with Crippen LogP contribution in [0.4, 0.5) is 0 Å². The van der Waals surface area contributed by atoms with Crippen LogP contribution in [0.5, 0.6) is 0 Å². The molecular formula is C10H9NO2S. The lowest BCUT2D eigenvalue weighted by molar-refractivity contribution is 0.0600. The molecule has 0 fully saturated rings. The molecule has 0 aliphatic heterocycles. The van der Waals surface area contributed by atoms with Crippen molar-refractivity contribution in [1.82, 2.24) is 4.37 Å². The predicted molar refractivity (Wildman–Crippen MR) is 55.7 cm³/mol. The Morgan fingerprint density at radius 3 is 3.00 bits per heavy atom. The molecule has 0 amide bonds. The van der Waals surface area contributed by atoms with Crippen molar-refractivity contribution in [3.05, 3.63) is 29.5 Å². The van der Waals surface area contributed by atoms with Gasteiger partial charge in [-0.3, -0.25) is 0 Å². The lowest BCUT2D eigenvalue weighted by Crippen LogP contribution is -2.03. The molecular weight excluding hydrogens is 198 g/mol. The molecule has 1 aromatic carbocycles. The van der Waals surface area contributed by atoms with Crippen LogP contribution in [0.3, 0.4) is 0 Å². The Balaban J connectivity index is 2.64. The number of hydrogen-bond donors (Lipinski definition) is 0. The zero-order valence-corrected chi connectivity index (χ0v) is 8.72. The number of carbonyl (C=O) groups is 1. The molecule has 4 heteroatoms. The summed E-state index contributed by atoms with van der Waals surface area (Å²) < 4.78 is 9.84. The standard InChI is InChI=1S/C10H9NO2S/c1-6-3-9-7(5-11-14-9)4-8(6)10(12)13-2/h3-5H,1-2H3. The van der Waals surface area contributed by atoms with Gasteiger partial charge in [-0.2, -0.15) is 4.37 Å². The van der Waals surface area contributed by atoms with Gasteiger partial charge in [-0.05, 0) is 36.2 Å². The molecule has 0 aliphatic carbocycles. The summed E-state index contributed by atoms with van der Waals surface area (Å²) in [5, 5.41) is 0.987. The van der Waals surface area contributed by atoms with Crippen molar-refractivity contribution < 1.29 is 9.53 Å². The summed E-state index contributed by atoms with van der Waals surface area (Å²) in [4.78, 5) is 11.4. The van der Waals surface area contributed by atoms with E-state index in [2.05, 4.69) is 9.11 Å². The van der Waals surface area contributed by atoms with Gasteiger partial charge in [-0.25, -0.2) is 4.79 Å². The van der Waals surface area contributed by atoms with E-state index < -0.39 is 0 Å². The van der Waals surface area contributed by atoms with Crippen LogP contribution < -0.4 is 0 Å². The van der Waals surface area contributed by atoms with Crippen LogP contribution in [0.25, 0.3) is 10.1 Å². The fraction of sp³-hybridized carbons (Fsp3) is 0.200. The first-order chi connectivity index (χ1) is 6.72. The van der Waals surface area contributed by atoms with Crippen molar-refractivity contribution in [2.75, 3.05) is 7.11 Å². The molecule has 3 nitrogen and oxygen atoms in total. The van der Waals surface area contributed by atoms with Crippen LogP contribution in [0.1, 0.15) is 15.9 Å². The largest absolute Gasteiger partial charge is 0.465 e. The van der Waals surface area contributed by atoms with Crippen molar-refractivity contribution in [3.63, 3.8) is 0 Å². The molecule has 0 saturated carbocycles. The molecule has 1 aromatic heterocycles. The number of aromatic nitrogens is 1. The molecule has 0 aliphatic rings. The van der Waals surface area contributed by atoms with Gasteiger partial charge in [0.2, 0.25) is 0 Å². The number of nitrogens with zero attached hydrogens (tertiary/aromatic N) is 1. The summed E-state index contributed by atoms with van der Waals surface area (Å²) in [7, 11) is 1.39. The fourth-order valence-corrected chi connectivity index (χ4v) is 2.07. The Bertz CT molecular complexity index is 490. The lowest BCUT2D eigenvalue weighted by atomic mass is 10.1. The number of rotatable bonds is 1. The Morgan fingerprint density at radius 1 is 1.50 bits per heavy atom. The van der Waals surface area contributed by atoms with Crippen LogP contribution in [0.2, 0.25) is 0 Å². The summed E-state index contributed by atoms with van der Waals surface area (Å²) in [6.07, 6.45) is 1.76. The number of fused-ring (bicyclic) bond motifs is 1. The van der Waals surface area contributed by atoms with Crippen LogP contribution in [-0.2, 0) is 4.74 Å². The number of benzene rings is 1. The maximum atomic E-state index is 11.4. The molecule has 72 valence electrons. The molecule has 0 bridgehead atoms. The molecule has 0 radical (unpaired) electrons. The van der Waals surface area contributed by atoms with E-state index in [9.17, 15) is 4.79 Å². The molecule has 2 aromatic rings. The van der Waals surface area contributed by atoms with Crippen LogP contribution >= 0.6 is 11.5 Å². The van der Waals surface area contributed by atoms with Crippen molar-refractivity contribution >= 4 is 27.6 Å². The van der Waals surface area contributed by atoms with Crippen molar-refractivity contribution in [1.29, 1.82) is 0 Å². The summed E-state index contributed by atoms with van der Waals surface area (Å²) in [6, 6.07) is 3.78. The number of hydrogen-bond acceptors (Lipinski definition) is 4. The average molecular weight is 207 g/mol. The van der Waals surface area contributed by atoms with Gasteiger partial charge in [-0.15, -0.1) is 0 Å². The van der Waals surface area contributed by atoms with E-state index >= 15 is 0 Å². The Morgan fingerprint density at radius 2 is 2.29 bits per heavy atom. The third-order valence-electron chi connectivity index (χ3n) is 2.10. The van der Waals surface area contributed by atoms with Crippen molar-refractivity contribution in [3.8, 4) is 0 Å². The molecule has 1 heterocycles. The van der Waals surface area contributed by atoms with Gasteiger partial charge in [0.25, 0.3) is 0 Å². The summed E-state index contributed by atoms with van der Waals surface area (Å²) in [6.45, 7) is 1.89. The smallest absolute Gasteiger partial charge is 0.338 e. The zero-order chi connectivity index (χ0) is 10.1. The normalized spacial score (nSPS) is 10.4. The minimum Gasteiger partial charge on any atom is -0.465 e. The fourth-order valence-electron chi connectivity index (χ4n) is 1.35. The van der Waals surface area contributed by atoms with Crippen LogP contribution in [0.15, 0.2) is 18.3 Å². The highest BCUT2D eigenvalue weighted by Gasteiger charge is 2.10. The SMILES string of the molecule is COC(=O)c1cc2cnsc2cc1C. The molecule has 0 unspecified atom stereocenters. The first-order valence-corrected chi connectivity index (χ1v) is 4.93. The Labute approximate surface area is 85.5 Å². The van der Waals surface area contributed by atoms with Crippen LogP contribution in [0, 0.1) is 6.92 Å². The van der Waals surface area contributed by atoms with E-state index in [1.165, 1.54) is 18.6 Å². The number of esters is 1. The molecule has 0 spiro atoms. The second-order valence-electron chi connectivity index (χ2n) is 3.02. The third kappa shape index (κ3) is 1.37. The number of ether oxygens (including phenoxy) is 1. The average Bonchev–Trinajstić information content (AvgIpc) is 2.62. The topological polar surface area (TPSA) is 39.2 Å². The number of carbonyl (C=O) groups excluding carboxylic acids is 1. The van der Waals surface area contributed by atoms with Crippen molar-refractivity contribution in [2.45, 2.75) is 6.92 Å². The minimum absolute atomic E-state index is 0.296. The van der Waals surface area contributed by atoms with Gasteiger partial charge < -0.3 is 4.74 Å². The van der Waals surface area contributed by atoms with Gasteiger partial charge in [0.15, 0.2) is 0 Å². The van der Waals surface area contributed by atoms with Gasteiger partial charge in [-0.1, -0.05) is 0 Å². The summed E-state index contributed by atoms with van der Waals surface area (Å²) in [5.74, 6) is -0.296. The lowest BCUT2D eigenvalue weighted by Gasteiger charge is -2.02. The predicted octanol–water partition coefficient (Wildman–Crippen LogP) is 2.39. The quantitative estimate of drug-likeness (QED) is 0.674. The highest BCUT2D eigenvalue weighted by molar-refractivity contribution is 7.13. The van der Waals surface area contributed by atoms with Crippen LogP contribution in [-0.4, -0.2) is 17.5 Å². The van der Waals surface area contributed by atoms with Gasteiger partial charge >= 0.3 is 5.97 Å². The molecule has 0 N–H and O–H groups in total. The number of aryl methyl sites for hydroxylation is 1. The summed E-state index contributed by atoms with van der Waals surface area (Å²) in [5.41, 5.74) is 1.54. The second kappa shape index (κ2) is 3.38. The molecule has 0 saturated heterocycles. The van der Waals surface area contributed by atoms with E-state index in [0.29, 0.717) is 5.56 Å². The maximum Gasteiger partial charge on any atom is 0.338 e. The molecule has 14 heavy (non-hydrogen) atoms. The van der Waals surface area contributed by atoms with E-state index in [4.69, 9.17) is 0 Å².